The Labute approximate surface area is 91.6 Å². The van der Waals surface area contributed by atoms with Crippen molar-refractivity contribution >= 4 is 38.9 Å². The first kappa shape index (κ1) is 10.7. The SMILES string of the molecule is CNc1ccc(CC(Cl)Br)cc1N. The van der Waals surface area contributed by atoms with E-state index in [9.17, 15) is 0 Å². The molecule has 0 spiro atoms. The van der Waals surface area contributed by atoms with Crippen LogP contribution in [-0.2, 0) is 6.42 Å². The molecule has 3 N–H and O–H groups in total. The Morgan fingerprint density at radius 3 is 2.77 bits per heavy atom. The molecule has 0 saturated heterocycles. The van der Waals surface area contributed by atoms with Crippen LogP contribution in [0, 0.1) is 0 Å². The van der Waals surface area contributed by atoms with Gasteiger partial charge in [-0.3, -0.25) is 0 Å². The van der Waals surface area contributed by atoms with Gasteiger partial charge in [-0.1, -0.05) is 22.0 Å². The van der Waals surface area contributed by atoms with Crippen molar-refractivity contribution in [1.82, 2.24) is 0 Å². The van der Waals surface area contributed by atoms with Crippen LogP contribution in [0.2, 0.25) is 0 Å². The van der Waals surface area contributed by atoms with Gasteiger partial charge < -0.3 is 11.1 Å². The van der Waals surface area contributed by atoms with E-state index in [1.807, 2.05) is 25.2 Å². The van der Waals surface area contributed by atoms with Gasteiger partial charge in [0.25, 0.3) is 0 Å². The van der Waals surface area contributed by atoms with Gasteiger partial charge in [0.1, 0.15) is 0 Å². The fourth-order valence-electron chi connectivity index (χ4n) is 1.15. The number of halogens is 2. The fourth-order valence-corrected chi connectivity index (χ4v) is 1.70. The first-order chi connectivity index (χ1) is 6.13. The van der Waals surface area contributed by atoms with E-state index in [2.05, 4.69) is 21.2 Å². The number of rotatable bonds is 3. The molecule has 1 aromatic carbocycles. The van der Waals surface area contributed by atoms with Crippen LogP contribution in [0.15, 0.2) is 18.2 Å². The van der Waals surface area contributed by atoms with Crippen molar-refractivity contribution in [2.24, 2.45) is 0 Å². The van der Waals surface area contributed by atoms with Crippen molar-refractivity contribution in [3.05, 3.63) is 23.8 Å². The average molecular weight is 264 g/mol. The lowest BCUT2D eigenvalue weighted by molar-refractivity contribution is 1.11. The predicted molar refractivity (Wildman–Crippen MR) is 62.7 cm³/mol. The number of nitrogens with one attached hydrogen (secondary N) is 1. The number of nitrogen functional groups attached to an aromatic ring is 1. The van der Waals surface area contributed by atoms with Crippen molar-refractivity contribution in [3.8, 4) is 0 Å². The lowest BCUT2D eigenvalue weighted by atomic mass is 10.1. The molecule has 0 aliphatic carbocycles. The molecule has 0 bridgehead atoms. The first-order valence-electron chi connectivity index (χ1n) is 3.97. The second-order valence-corrected chi connectivity index (χ2v) is 4.93. The van der Waals surface area contributed by atoms with Gasteiger partial charge in [0.05, 0.1) is 15.7 Å². The molecule has 0 fully saturated rings. The second kappa shape index (κ2) is 4.72. The Kier molecular flexibility index (Phi) is 3.88. The van der Waals surface area contributed by atoms with Crippen LogP contribution in [-0.4, -0.2) is 11.3 Å². The molecule has 72 valence electrons. The average Bonchev–Trinajstić information content (AvgIpc) is 2.03. The lowest BCUT2D eigenvalue weighted by Crippen LogP contribution is -1.99. The van der Waals surface area contributed by atoms with Gasteiger partial charge in [0, 0.05) is 7.05 Å². The zero-order valence-electron chi connectivity index (χ0n) is 7.35. The van der Waals surface area contributed by atoms with Gasteiger partial charge in [0.2, 0.25) is 0 Å². The van der Waals surface area contributed by atoms with Crippen LogP contribution in [0.3, 0.4) is 0 Å². The number of alkyl halides is 2. The molecule has 1 unspecified atom stereocenters. The molecule has 1 aromatic rings. The third-order valence-corrected chi connectivity index (χ3v) is 2.25. The maximum atomic E-state index is 5.80. The largest absolute Gasteiger partial charge is 0.397 e. The molecule has 0 radical (unpaired) electrons. The highest BCUT2D eigenvalue weighted by molar-refractivity contribution is 9.10. The molecule has 0 aliphatic heterocycles. The highest BCUT2D eigenvalue weighted by atomic mass is 79.9. The smallest absolute Gasteiger partial charge is 0.0926 e. The Morgan fingerprint density at radius 2 is 2.31 bits per heavy atom. The summed E-state index contributed by atoms with van der Waals surface area (Å²) in [6, 6.07) is 5.90. The number of anilines is 2. The van der Waals surface area contributed by atoms with E-state index in [1.54, 1.807) is 0 Å². The lowest BCUT2D eigenvalue weighted by Gasteiger charge is -2.07. The molecular weight excluding hydrogens is 251 g/mol. The van der Waals surface area contributed by atoms with E-state index in [0.29, 0.717) is 0 Å². The van der Waals surface area contributed by atoms with Crippen molar-refractivity contribution in [2.45, 2.75) is 10.7 Å². The predicted octanol–water partition coefficient (Wildman–Crippen LogP) is 2.81. The summed E-state index contributed by atoms with van der Waals surface area (Å²) in [5, 5.41) is 3.01. The molecule has 0 saturated carbocycles. The summed E-state index contributed by atoms with van der Waals surface area (Å²) < 4.78 is -0.0349. The summed E-state index contributed by atoms with van der Waals surface area (Å²) in [6.45, 7) is 0. The monoisotopic (exact) mass is 262 g/mol. The second-order valence-electron chi connectivity index (χ2n) is 2.77. The van der Waals surface area contributed by atoms with Crippen LogP contribution in [0.4, 0.5) is 11.4 Å². The molecule has 0 amide bonds. The van der Waals surface area contributed by atoms with Gasteiger partial charge in [-0.2, -0.15) is 0 Å². The van der Waals surface area contributed by atoms with Gasteiger partial charge in [-0.15, -0.1) is 11.6 Å². The third-order valence-electron chi connectivity index (χ3n) is 1.78. The topological polar surface area (TPSA) is 38.0 Å². The number of hydrogen-bond acceptors (Lipinski definition) is 2. The van der Waals surface area contributed by atoms with Crippen molar-refractivity contribution < 1.29 is 0 Å². The van der Waals surface area contributed by atoms with E-state index < -0.39 is 0 Å². The van der Waals surface area contributed by atoms with Gasteiger partial charge in [-0.25, -0.2) is 0 Å². The molecule has 2 nitrogen and oxygen atoms in total. The zero-order valence-corrected chi connectivity index (χ0v) is 9.69. The summed E-state index contributed by atoms with van der Waals surface area (Å²) in [5.74, 6) is 0. The van der Waals surface area contributed by atoms with E-state index >= 15 is 0 Å². The summed E-state index contributed by atoms with van der Waals surface area (Å²) >= 11 is 9.08. The standard InChI is InChI=1S/C9H12BrClN2/c1-13-8-3-2-6(4-7(8)12)5-9(10)11/h2-4,9,13H,5,12H2,1H3. The number of nitrogens with two attached hydrogens (primary N) is 1. The Hall–Kier alpha value is -0.410. The Balaban J connectivity index is 2.83. The van der Waals surface area contributed by atoms with Gasteiger partial charge in [0.15, 0.2) is 0 Å². The highest BCUT2D eigenvalue weighted by Crippen LogP contribution is 2.21. The van der Waals surface area contributed by atoms with Crippen molar-refractivity contribution in [1.29, 1.82) is 0 Å². The number of hydrogen-bond donors (Lipinski definition) is 2. The van der Waals surface area contributed by atoms with E-state index in [-0.39, 0.29) is 4.29 Å². The van der Waals surface area contributed by atoms with Crippen molar-refractivity contribution in [3.63, 3.8) is 0 Å². The molecule has 0 aliphatic rings. The third kappa shape index (κ3) is 3.08. The molecule has 4 heteroatoms. The van der Waals surface area contributed by atoms with Crippen LogP contribution in [0.1, 0.15) is 5.56 Å². The molecule has 13 heavy (non-hydrogen) atoms. The maximum absolute atomic E-state index is 5.80. The molecular formula is C9H12BrClN2. The normalized spacial score (nSPS) is 12.5. The highest BCUT2D eigenvalue weighted by Gasteiger charge is 2.03. The first-order valence-corrected chi connectivity index (χ1v) is 5.33. The van der Waals surface area contributed by atoms with Crippen LogP contribution >= 0.6 is 27.5 Å². The molecule has 0 heterocycles. The van der Waals surface area contributed by atoms with Crippen LogP contribution in [0.25, 0.3) is 0 Å². The fraction of sp³-hybridized carbons (Fsp3) is 0.333. The summed E-state index contributed by atoms with van der Waals surface area (Å²) in [7, 11) is 1.85. The van der Waals surface area contributed by atoms with Crippen molar-refractivity contribution in [2.75, 3.05) is 18.1 Å². The number of benzene rings is 1. The Bertz CT molecular complexity index is 289. The van der Waals surface area contributed by atoms with E-state index in [1.165, 1.54) is 0 Å². The minimum absolute atomic E-state index is 0.0349. The van der Waals surface area contributed by atoms with E-state index in [4.69, 9.17) is 17.3 Å². The van der Waals surface area contributed by atoms with Gasteiger partial charge >= 0.3 is 0 Å². The quantitative estimate of drug-likeness (QED) is 0.650. The minimum Gasteiger partial charge on any atom is -0.397 e. The summed E-state index contributed by atoms with van der Waals surface area (Å²) in [6.07, 6.45) is 0.774. The maximum Gasteiger partial charge on any atom is 0.0926 e. The molecule has 1 atom stereocenters. The molecule has 1 rings (SSSR count). The molecule has 0 aromatic heterocycles. The Morgan fingerprint density at radius 1 is 1.62 bits per heavy atom. The summed E-state index contributed by atoms with van der Waals surface area (Å²) in [4.78, 5) is 0. The zero-order chi connectivity index (χ0) is 9.84. The van der Waals surface area contributed by atoms with Crippen LogP contribution < -0.4 is 11.1 Å². The van der Waals surface area contributed by atoms with Crippen LogP contribution in [0.5, 0.6) is 0 Å². The van der Waals surface area contributed by atoms with E-state index in [0.717, 1.165) is 23.4 Å². The minimum atomic E-state index is -0.0349. The van der Waals surface area contributed by atoms with Gasteiger partial charge in [-0.05, 0) is 24.1 Å². The summed E-state index contributed by atoms with van der Waals surface area (Å²) in [5.41, 5.74) is 8.62.